The number of anilines is 1. The van der Waals surface area contributed by atoms with E-state index in [9.17, 15) is 0 Å². The highest BCUT2D eigenvalue weighted by molar-refractivity contribution is 7.80. The molecular formula is C9H12ClNOS. The van der Waals surface area contributed by atoms with Crippen LogP contribution >= 0.6 is 24.2 Å². The van der Waals surface area contributed by atoms with Crippen LogP contribution in [0.25, 0.3) is 0 Å². The van der Waals surface area contributed by atoms with Gasteiger partial charge in [-0.3, -0.25) is 0 Å². The smallest absolute Gasteiger partial charge is 0.120 e. The van der Waals surface area contributed by atoms with Gasteiger partial charge in [0.1, 0.15) is 5.75 Å². The van der Waals surface area contributed by atoms with Crippen LogP contribution in [0.15, 0.2) is 18.2 Å². The highest BCUT2D eigenvalue weighted by Gasteiger charge is 2.00. The van der Waals surface area contributed by atoms with Gasteiger partial charge in [-0.1, -0.05) is 11.6 Å². The number of benzene rings is 1. The molecule has 4 heteroatoms. The van der Waals surface area contributed by atoms with Crippen LogP contribution in [0.3, 0.4) is 0 Å². The Balaban J connectivity index is 2.73. The Morgan fingerprint density at radius 1 is 1.54 bits per heavy atom. The summed E-state index contributed by atoms with van der Waals surface area (Å²) in [6.07, 6.45) is 0. The zero-order valence-electron chi connectivity index (χ0n) is 7.38. The van der Waals surface area contributed by atoms with E-state index in [0.717, 1.165) is 23.7 Å². The van der Waals surface area contributed by atoms with Crippen LogP contribution in [0.1, 0.15) is 0 Å². The summed E-state index contributed by atoms with van der Waals surface area (Å²) in [5, 5.41) is 3.82. The molecule has 1 rings (SSSR count). The quantitative estimate of drug-likeness (QED) is 0.757. The van der Waals surface area contributed by atoms with Crippen LogP contribution in [0, 0.1) is 0 Å². The van der Waals surface area contributed by atoms with Gasteiger partial charge in [0.2, 0.25) is 0 Å². The summed E-state index contributed by atoms with van der Waals surface area (Å²) in [4.78, 5) is 0. The molecule has 1 aromatic carbocycles. The molecule has 0 heterocycles. The second kappa shape index (κ2) is 5.25. The van der Waals surface area contributed by atoms with Crippen molar-refractivity contribution in [2.24, 2.45) is 0 Å². The van der Waals surface area contributed by atoms with E-state index in [-0.39, 0.29) is 0 Å². The van der Waals surface area contributed by atoms with Crippen LogP contribution in [0.5, 0.6) is 5.75 Å². The van der Waals surface area contributed by atoms with Crippen molar-refractivity contribution < 1.29 is 4.74 Å². The van der Waals surface area contributed by atoms with Gasteiger partial charge in [-0.25, -0.2) is 0 Å². The minimum Gasteiger partial charge on any atom is -0.497 e. The van der Waals surface area contributed by atoms with Gasteiger partial charge in [-0.05, 0) is 12.1 Å². The van der Waals surface area contributed by atoms with Gasteiger partial charge in [-0.2, -0.15) is 12.6 Å². The number of rotatable bonds is 4. The van der Waals surface area contributed by atoms with E-state index in [1.165, 1.54) is 0 Å². The molecule has 0 spiro atoms. The first-order chi connectivity index (χ1) is 6.27. The lowest BCUT2D eigenvalue weighted by Crippen LogP contribution is -2.02. The molecule has 72 valence electrons. The highest BCUT2D eigenvalue weighted by atomic mass is 35.5. The fourth-order valence-corrected chi connectivity index (χ4v) is 1.31. The van der Waals surface area contributed by atoms with Crippen LogP contribution in [0.2, 0.25) is 5.02 Å². The van der Waals surface area contributed by atoms with E-state index in [4.69, 9.17) is 16.3 Å². The molecule has 0 unspecified atom stereocenters. The van der Waals surface area contributed by atoms with Gasteiger partial charge < -0.3 is 10.1 Å². The normalized spacial score (nSPS) is 9.77. The molecule has 0 bridgehead atoms. The Bertz CT molecular complexity index is 280. The molecule has 0 amide bonds. The van der Waals surface area contributed by atoms with E-state index in [1.54, 1.807) is 13.2 Å². The average molecular weight is 218 g/mol. The molecule has 0 aliphatic rings. The molecule has 0 saturated carbocycles. The lowest BCUT2D eigenvalue weighted by molar-refractivity contribution is 0.415. The van der Waals surface area contributed by atoms with Crippen molar-refractivity contribution in [3.63, 3.8) is 0 Å². The third kappa shape index (κ3) is 3.01. The number of halogens is 1. The molecule has 0 aromatic heterocycles. The Kier molecular flexibility index (Phi) is 4.25. The van der Waals surface area contributed by atoms with Gasteiger partial charge in [0.05, 0.1) is 17.8 Å². The van der Waals surface area contributed by atoms with Gasteiger partial charge in [0.15, 0.2) is 0 Å². The van der Waals surface area contributed by atoms with Crippen molar-refractivity contribution >= 4 is 29.9 Å². The summed E-state index contributed by atoms with van der Waals surface area (Å²) < 4.78 is 5.03. The molecular weight excluding hydrogens is 206 g/mol. The van der Waals surface area contributed by atoms with Crippen LogP contribution < -0.4 is 10.1 Å². The standard InChI is InChI=1S/C9H12ClNOS/c1-12-7-2-3-9(8(10)6-7)11-4-5-13/h2-3,6,11,13H,4-5H2,1H3. The maximum atomic E-state index is 5.98. The van der Waals surface area contributed by atoms with Gasteiger partial charge in [0.25, 0.3) is 0 Å². The Hall–Kier alpha value is -0.540. The van der Waals surface area contributed by atoms with E-state index in [1.807, 2.05) is 12.1 Å². The van der Waals surface area contributed by atoms with Crippen LogP contribution in [-0.2, 0) is 0 Å². The molecule has 13 heavy (non-hydrogen) atoms. The lowest BCUT2D eigenvalue weighted by Gasteiger charge is -2.07. The van der Waals surface area contributed by atoms with E-state index < -0.39 is 0 Å². The minimum atomic E-state index is 0.668. The summed E-state index contributed by atoms with van der Waals surface area (Å²) in [7, 11) is 1.62. The predicted octanol–water partition coefficient (Wildman–Crippen LogP) is 2.69. The number of thiol groups is 1. The zero-order valence-corrected chi connectivity index (χ0v) is 9.03. The van der Waals surface area contributed by atoms with E-state index in [0.29, 0.717) is 5.02 Å². The molecule has 1 aromatic rings. The van der Waals surface area contributed by atoms with Crippen molar-refractivity contribution in [2.45, 2.75) is 0 Å². The summed E-state index contributed by atoms with van der Waals surface area (Å²) in [6.45, 7) is 0.801. The van der Waals surface area contributed by atoms with Crippen molar-refractivity contribution in [3.8, 4) is 5.75 Å². The largest absolute Gasteiger partial charge is 0.497 e. The molecule has 0 aliphatic carbocycles. The third-order valence-corrected chi connectivity index (χ3v) is 2.14. The second-order valence-electron chi connectivity index (χ2n) is 2.50. The average Bonchev–Trinajstić information content (AvgIpc) is 2.16. The summed E-state index contributed by atoms with van der Waals surface area (Å²) in [6, 6.07) is 5.54. The lowest BCUT2D eigenvalue weighted by atomic mass is 10.3. The predicted molar refractivity (Wildman–Crippen MR) is 60.3 cm³/mol. The summed E-state index contributed by atoms with van der Waals surface area (Å²) in [5.41, 5.74) is 0.913. The Morgan fingerprint density at radius 2 is 2.31 bits per heavy atom. The first kappa shape index (κ1) is 10.5. The number of nitrogens with one attached hydrogen (secondary N) is 1. The topological polar surface area (TPSA) is 21.3 Å². The summed E-state index contributed by atoms with van der Waals surface area (Å²) in [5.74, 6) is 1.55. The number of hydrogen-bond acceptors (Lipinski definition) is 3. The summed E-state index contributed by atoms with van der Waals surface area (Å²) >= 11 is 10.1. The molecule has 1 N–H and O–H groups in total. The third-order valence-electron chi connectivity index (χ3n) is 1.60. The Labute approximate surface area is 88.6 Å². The SMILES string of the molecule is COc1ccc(NCCS)c(Cl)c1. The molecule has 0 aliphatic heterocycles. The highest BCUT2D eigenvalue weighted by Crippen LogP contribution is 2.26. The molecule has 2 nitrogen and oxygen atoms in total. The zero-order chi connectivity index (χ0) is 9.68. The molecule has 0 radical (unpaired) electrons. The molecule has 0 atom stereocenters. The molecule has 0 fully saturated rings. The van der Waals surface area contributed by atoms with Crippen molar-refractivity contribution in [1.29, 1.82) is 0 Å². The first-order valence-electron chi connectivity index (χ1n) is 3.96. The maximum absolute atomic E-state index is 5.98. The molecule has 0 saturated heterocycles. The fourth-order valence-electron chi connectivity index (χ4n) is 0.957. The van der Waals surface area contributed by atoms with Crippen LogP contribution in [0.4, 0.5) is 5.69 Å². The second-order valence-corrected chi connectivity index (χ2v) is 3.35. The fraction of sp³-hybridized carbons (Fsp3) is 0.333. The maximum Gasteiger partial charge on any atom is 0.120 e. The van der Waals surface area contributed by atoms with E-state index in [2.05, 4.69) is 17.9 Å². The van der Waals surface area contributed by atoms with Gasteiger partial charge in [-0.15, -0.1) is 0 Å². The monoisotopic (exact) mass is 217 g/mol. The Morgan fingerprint density at radius 3 is 2.85 bits per heavy atom. The number of hydrogen-bond donors (Lipinski definition) is 2. The van der Waals surface area contributed by atoms with Crippen molar-refractivity contribution in [2.75, 3.05) is 24.7 Å². The van der Waals surface area contributed by atoms with Crippen molar-refractivity contribution in [1.82, 2.24) is 0 Å². The van der Waals surface area contributed by atoms with E-state index >= 15 is 0 Å². The van der Waals surface area contributed by atoms with Gasteiger partial charge in [0, 0.05) is 18.4 Å². The first-order valence-corrected chi connectivity index (χ1v) is 4.97. The van der Waals surface area contributed by atoms with Gasteiger partial charge >= 0.3 is 0 Å². The van der Waals surface area contributed by atoms with Crippen molar-refractivity contribution in [3.05, 3.63) is 23.2 Å². The number of methoxy groups -OCH3 is 1. The minimum absolute atomic E-state index is 0.668. The van der Waals surface area contributed by atoms with Crippen LogP contribution in [-0.4, -0.2) is 19.4 Å². The number of ether oxygens (including phenoxy) is 1.